The molecular weight excluding hydrogens is 397 g/mol. The van der Waals surface area contributed by atoms with Crippen LogP contribution in [0.3, 0.4) is 0 Å². The molecule has 7 heteroatoms. The summed E-state index contributed by atoms with van der Waals surface area (Å²) in [6, 6.07) is 14.2. The Morgan fingerprint density at radius 3 is 2.29 bits per heavy atom. The van der Waals surface area contributed by atoms with E-state index in [9.17, 15) is 18.8 Å². The number of urea groups is 1. The van der Waals surface area contributed by atoms with Crippen LogP contribution in [-0.2, 0) is 9.59 Å². The largest absolute Gasteiger partial charge is 0.335 e. The molecule has 0 unspecified atom stereocenters. The molecular formula is C24H20FN3O3. The Kier molecular flexibility index (Phi) is 5.02. The van der Waals surface area contributed by atoms with Gasteiger partial charge >= 0.3 is 6.03 Å². The van der Waals surface area contributed by atoms with Gasteiger partial charge in [-0.15, -0.1) is 0 Å². The fourth-order valence-electron chi connectivity index (χ4n) is 3.68. The molecule has 3 aromatic rings. The Morgan fingerprint density at radius 2 is 1.61 bits per heavy atom. The van der Waals surface area contributed by atoms with Gasteiger partial charge in [0, 0.05) is 11.4 Å². The number of carbonyl (C=O) groups is 3. The number of carbonyl (C=O) groups excluding carboxylic acids is 3. The zero-order chi connectivity index (χ0) is 22.3. The van der Waals surface area contributed by atoms with E-state index in [0.717, 1.165) is 16.2 Å². The molecule has 2 aromatic carbocycles. The number of aryl methyl sites for hydroxylation is 2. The molecule has 0 aliphatic carbocycles. The number of nitrogens with one attached hydrogen (secondary N) is 1. The summed E-state index contributed by atoms with van der Waals surface area (Å²) >= 11 is 0. The number of halogens is 1. The van der Waals surface area contributed by atoms with E-state index < -0.39 is 17.8 Å². The molecule has 0 bridgehead atoms. The Labute approximate surface area is 178 Å². The fraction of sp³-hybridized carbons (Fsp3) is 0.125. The van der Waals surface area contributed by atoms with Crippen LogP contribution in [0.25, 0.3) is 11.8 Å². The van der Waals surface area contributed by atoms with E-state index in [4.69, 9.17) is 0 Å². The highest BCUT2D eigenvalue weighted by Crippen LogP contribution is 2.27. The summed E-state index contributed by atoms with van der Waals surface area (Å²) in [5.41, 5.74) is 3.52. The lowest BCUT2D eigenvalue weighted by Crippen LogP contribution is -2.54. The van der Waals surface area contributed by atoms with Crippen LogP contribution in [0.2, 0.25) is 0 Å². The molecule has 6 nitrogen and oxygen atoms in total. The van der Waals surface area contributed by atoms with Gasteiger partial charge in [-0.3, -0.25) is 14.9 Å². The summed E-state index contributed by atoms with van der Waals surface area (Å²) in [6.45, 7) is 5.48. The van der Waals surface area contributed by atoms with Gasteiger partial charge in [0.1, 0.15) is 11.4 Å². The third-order valence-corrected chi connectivity index (χ3v) is 5.26. The monoisotopic (exact) mass is 417 g/mol. The topological polar surface area (TPSA) is 71.4 Å². The molecule has 156 valence electrons. The Morgan fingerprint density at radius 1 is 0.935 bits per heavy atom. The highest BCUT2D eigenvalue weighted by atomic mass is 19.1. The first-order chi connectivity index (χ1) is 14.8. The number of imide groups is 2. The first-order valence-corrected chi connectivity index (χ1v) is 9.70. The van der Waals surface area contributed by atoms with Gasteiger partial charge in [0.15, 0.2) is 0 Å². The van der Waals surface area contributed by atoms with Crippen molar-refractivity contribution in [1.29, 1.82) is 0 Å². The predicted octanol–water partition coefficient (Wildman–Crippen LogP) is 4.21. The van der Waals surface area contributed by atoms with E-state index in [-0.39, 0.29) is 11.4 Å². The maximum Gasteiger partial charge on any atom is 0.335 e. The summed E-state index contributed by atoms with van der Waals surface area (Å²) in [4.78, 5) is 38.8. The molecule has 1 fully saturated rings. The maximum absolute atomic E-state index is 14.3. The summed E-state index contributed by atoms with van der Waals surface area (Å²) in [7, 11) is 0. The molecule has 0 radical (unpaired) electrons. The van der Waals surface area contributed by atoms with Crippen molar-refractivity contribution < 1.29 is 18.8 Å². The highest BCUT2D eigenvalue weighted by Gasteiger charge is 2.37. The average molecular weight is 417 g/mol. The fourth-order valence-corrected chi connectivity index (χ4v) is 3.68. The molecule has 31 heavy (non-hydrogen) atoms. The quantitative estimate of drug-likeness (QED) is 0.513. The van der Waals surface area contributed by atoms with Gasteiger partial charge in [0.05, 0.1) is 11.4 Å². The SMILES string of the molecule is Cc1ccc(N2C(=O)NC(=O)/C(=C\c3cc(C)n(-c4ccccc4F)c3C)C2=O)cc1. The standard InChI is InChI=1S/C24H20FN3O3/c1-14-8-10-18(11-9-14)28-23(30)19(22(29)26-24(28)31)13-17-12-15(2)27(16(17)3)21-7-5-4-6-20(21)25/h4-13H,1-3H3,(H,26,29,31)/b19-13+. The van der Waals surface area contributed by atoms with Gasteiger partial charge in [0.25, 0.3) is 11.8 Å². The van der Waals surface area contributed by atoms with Gasteiger partial charge in [-0.05, 0) is 62.7 Å². The van der Waals surface area contributed by atoms with Crippen molar-refractivity contribution in [3.05, 3.63) is 88.5 Å². The van der Waals surface area contributed by atoms with Crippen LogP contribution in [0.15, 0.2) is 60.2 Å². The normalized spacial score (nSPS) is 15.5. The van der Waals surface area contributed by atoms with Crippen molar-refractivity contribution >= 4 is 29.6 Å². The minimum absolute atomic E-state index is 0.172. The van der Waals surface area contributed by atoms with E-state index in [2.05, 4.69) is 5.32 Å². The van der Waals surface area contributed by atoms with E-state index in [1.54, 1.807) is 60.0 Å². The lowest BCUT2D eigenvalue weighted by atomic mass is 10.1. The number of para-hydroxylation sites is 1. The van der Waals surface area contributed by atoms with Gasteiger partial charge in [0.2, 0.25) is 0 Å². The van der Waals surface area contributed by atoms with Crippen LogP contribution in [0, 0.1) is 26.6 Å². The van der Waals surface area contributed by atoms with Crippen molar-refractivity contribution in [2.24, 2.45) is 0 Å². The van der Waals surface area contributed by atoms with Crippen molar-refractivity contribution in [3.63, 3.8) is 0 Å². The van der Waals surface area contributed by atoms with Gasteiger partial charge in [-0.25, -0.2) is 14.1 Å². The molecule has 0 spiro atoms. The van der Waals surface area contributed by atoms with Gasteiger partial charge in [-0.1, -0.05) is 29.8 Å². The first-order valence-electron chi connectivity index (χ1n) is 9.70. The number of aromatic nitrogens is 1. The number of rotatable bonds is 3. The molecule has 4 amide bonds. The van der Waals surface area contributed by atoms with Crippen LogP contribution in [0.5, 0.6) is 0 Å². The third kappa shape index (κ3) is 3.54. The van der Waals surface area contributed by atoms with Gasteiger partial charge < -0.3 is 4.57 Å². The lowest BCUT2D eigenvalue weighted by molar-refractivity contribution is -0.122. The van der Waals surface area contributed by atoms with E-state index >= 15 is 0 Å². The lowest BCUT2D eigenvalue weighted by Gasteiger charge is -2.26. The average Bonchev–Trinajstić information content (AvgIpc) is 3.00. The van der Waals surface area contributed by atoms with Crippen molar-refractivity contribution in [2.75, 3.05) is 4.90 Å². The first kappa shape index (κ1) is 20.3. The third-order valence-electron chi connectivity index (χ3n) is 5.26. The zero-order valence-electron chi connectivity index (χ0n) is 17.3. The van der Waals surface area contributed by atoms with Crippen LogP contribution in [0.4, 0.5) is 14.9 Å². The second-order valence-electron chi connectivity index (χ2n) is 7.41. The summed E-state index contributed by atoms with van der Waals surface area (Å²) in [6.07, 6.45) is 1.44. The van der Waals surface area contributed by atoms with E-state index in [1.807, 2.05) is 13.8 Å². The molecule has 2 heterocycles. The highest BCUT2D eigenvalue weighted by molar-refractivity contribution is 6.39. The molecule has 1 aromatic heterocycles. The van der Waals surface area contributed by atoms with Crippen molar-refractivity contribution in [1.82, 2.24) is 9.88 Å². The summed E-state index contributed by atoms with van der Waals surface area (Å²) in [5.74, 6) is -1.87. The number of anilines is 1. The van der Waals surface area contributed by atoms with Crippen LogP contribution in [0.1, 0.15) is 22.5 Å². The molecule has 1 N–H and O–H groups in total. The molecule has 0 atom stereocenters. The Hall–Kier alpha value is -4.00. The van der Waals surface area contributed by atoms with Crippen molar-refractivity contribution in [2.45, 2.75) is 20.8 Å². The zero-order valence-corrected chi connectivity index (χ0v) is 17.3. The number of amides is 4. The number of barbiturate groups is 1. The smallest absolute Gasteiger partial charge is 0.315 e. The molecule has 1 aliphatic rings. The van der Waals surface area contributed by atoms with Crippen LogP contribution >= 0.6 is 0 Å². The molecule has 1 saturated heterocycles. The minimum Gasteiger partial charge on any atom is -0.315 e. The summed E-state index contributed by atoms with van der Waals surface area (Å²) < 4.78 is 16.1. The molecule has 4 rings (SSSR count). The number of hydrogen-bond acceptors (Lipinski definition) is 3. The number of benzene rings is 2. The van der Waals surface area contributed by atoms with Crippen LogP contribution < -0.4 is 10.2 Å². The Bertz CT molecular complexity index is 1260. The molecule has 1 aliphatic heterocycles. The second kappa shape index (κ2) is 7.68. The van der Waals surface area contributed by atoms with Crippen molar-refractivity contribution in [3.8, 4) is 5.69 Å². The van der Waals surface area contributed by atoms with E-state index in [0.29, 0.717) is 22.6 Å². The number of hydrogen-bond donors (Lipinski definition) is 1. The molecule has 0 saturated carbocycles. The number of nitrogens with zero attached hydrogens (tertiary/aromatic N) is 2. The van der Waals surface area contributed by atoms with E-state index in [1.165, 1.54) is 12.1 Å². The second-order valence-corrected chi connectivity index (χ2v) is 7.41. The minimum atomic E-state index is -0.798. The summed E-state index contributed by atoms with van der Waals surface area (Å²) in [5, 5.41) is 2.22. The maximum atomic E-state index is 14.3. The Balaban J connectivity index is 1.77. The van der Waals surface area contributed by atoms with Crippen LogP contribution in [-0.4, -0.2) is 22.4 Å². The predicted molar refractivity (Wildman–Crippen MR) is 115 cm³/mol. The van der Waals surface area contributed by atoms with Gasteiger partial charge in [-0.2, -0.15) is 0 Å².